The molecule has 0 unspecified atom stereocenters. The second-order valence-corrected chi connectivity index (χ2v) is 7.46. The van der Waals surface area contributed by atoms with Crippen LogP contribution in [0.25, 0.3) is 0 Å². The van der Waals surface area contributed by atoms with Crippen LogP contribution in [-0.4, -0.2) is 11.9 Å². The second-order valence-electron chi connectivity index (χ2n) is 7.46. The van der Waals surface area contributed by atoms with Crippen LogP contribution in [0, 0.1) is 6.92 Å². The van der Waals surface area contributed by atoms with Crippen LogP contribution in [-0.2, 0) is 12.8 Å². The van der Waals surface area contributed by atoms with Crippen molar-refractivity contribution in [1.82, 2.24) is 0 Å². The Kier molecular flexibility index (Phi) is 7.60. The molecule has 31 heavy (non-hydrogen) atoms. The second kappa shape index (κ2) is 10.6. The maximum Gasteiger partial charge on any atom is 0.343 e. The summed E-state index contributed by atoms with van der Waals surface area (Å²) < 4.78 is 11.7. The third-order valence-corrected chi connectivity index (χ3v) is 5.18. The van der Waals surface area contributed by atoms with E-state index >= 15 is 0 Å². The van der Waals surface area contributed by atoms with Gasteiger partial charge in [-0.15, -0.1) is 0 Å². The van der Waals surface area contributed by atoms with Gasteiger partial charge in [0.1, 0.15) is 0 Å². The Hall–Kier alpha value is -3.40. The van der Waals surface area contributed by atoms with E-state index in [2.05, 4.69) is 6.92 Å². The van der Waals surface area contributed by atoms with E-state index in [4.69, 9.17) is 9.47 Å². The van der Waals surface area contributed by atoms with Crippen molar-refractivity contribution in [3.8, 4) is 11.5 Å². The summed E-state index contributed by atoms with van der Waals surface area (Å²) in [5, 5.41) is 0. The zero-order valence-corrected chi connectivity index (χ0v) is 18.3. The molecule has 0 aliphatic rings. The van der Waals surface area contributed by atoms with Crippen LogP contribution >= 0.6 is 0 Å². The lowest BCUT2D eigenvalue weighted by Crippen LogP contribution is -2.15. The minimum absolute atomic E-state index is 0.301. The minimum atomic E-state index is -0.482. The van der Waals surface area contributed by atoms with Crippen molar-refractivity contribution in [3.63, 3.8) is 0 Å². The van der Waals surface area contributed by atoms with Gasteiger partial charge in [0, 0.05) is 5.56 Å². The molecule has 0 fully saturated rings. The number of carbonyl (C=O) groups excluding carboxylic acids is 2. The van der Waals surface area contributed by atoms with Crippen molar-refractivity contribution in [2.24, 2.45) is 0 Å². The first kappa shape index (κ1) is 22.3. The monoisotopic (exact) mass is 416 g/mol. The first-order chi connectivity index (χ1) is 15.0. The normalized spacial score (nSPS) is 10.5. The number of esters is 2. The zero-order chi connectivity index (χ0) is 22.2. The van der Waals surface area contributed by atoms with E-state index in [-0.39, 0.29) is 0 Å². The lowest BCUT2D eigenvalue weighted by molar-refractivity contribution is 0.0680. The van der Waals surface area contributed by atoms with Crippen LogP contribution in [0.1, 0.15) is 64.1 Å². The average Bonchev–Trinajstić information content (AvgIpc) is 2.81. The Labute approximate surface area is 183 Å². The zero-order valence-electron chi connectivity index (χ0n) is 18.3. The standard InChI is InChI=1S/C27H28O4/c1-4-6-13-22-18-19(3)24(30-26(28)20-14-9-7-10-15-20)25(23(22)5-2)31-27(29)21-16-11-8-12-17-21/h7-12,14-18H,4-6,13H2,1-3H3. The fraction of sp³-hybridized carbons (Fsp3) is 0.259. The van der Waals surface area contributed by atoms with Gasteiger partial charge in [-0.25, -0.2) is 9.59 Å². The van der Waals surface area contributed by atoms with Crippen LogP contribution < -0.4 is 9.47 Å². The highest BCUT2D eigenvalue weighted by atomic mass is 16.6. The Morgan fingerprint density at radius 1 is 0.774 bits per heavy atom. The van der Waals surface area contributed by atoms with E-state index < -0.39 is 11.9 Å². The molecule has 3 rings (SSSR count). The largest absolute Gasteiger partial charge is 0.419 e. The van der Waals surface area contributed by atoms with E-state index in [0.29, 0.717) is 29.0 Å². The van der Waals surface area contributed by atoms with E-state index in [1.165, 1.54) is 0 Å². The summed E-state index contributed by atoms with van der Waals surface area (Å²) in [6.45, 7) is 6.04. The van der Waals surface area contributed by atoms with Crippen molar-refractivity contribution in [2.75, 3.05) is 0 Å². The van der Waals surface area contributed by atoms with E-state index in [9.17, 15) is 9.59 Å². The molecule has 0 bridgehead atoms. The summed E-state index contributed by atoms with van der Waals surface area (Å²) in [6.07, 6.45) is 3.63. The summed E-state index contributed by atoms with van der Waals surface area (Å²) in [5.74, 6) is -0.314. The van der Waals surface area contributed by atoms with Gasteiger partial charge in [-0.2, -0.15) is 0 Å². The lowest BCUT2D eigenvalue weighted by Gasteiger charge is -2.20. The molecule has 0 aromatic heterocycles. The quantitative estimate of drug-likeness (QED) is 0.318. The SMILES string of the molecule is CCCCc1cc(C)c(OC(=O)c2ccccc2)c(OC(=O)c2ccccc2)c1CC. The van der Waals surface area contributed by atoms with Crippen molar-refractivity contribution in [1.29, 1.82) is 0 Å². The lowest BCUT2D eigenvalue weighted by atomic mass is 9.96. The predicted octanol–water partition coefficient (Wildman–Crippen LogP) is 6.34. The fourth-order valence-electron chi connectivity index (χ4n) is 3.54. The van der Waals surface area contributed by atoms with Gasteiger partial charge in [0.25, 0.3) is 0 Å². The molecule has 0 radical (unpaired) electrons. The molecule has 0 aliphatic heterocycles. The van der Waals surface area contributed by atoms with Crippen molar-refractivity contribution < 1.29 is 19.1 Å². The number of rotatable bonds is 8. The van der Waals surface area contributed by atoms with Gasteiger partial charge >= 0.3 is 11.9 Å². The fourth-order valence-corrected chi connectivity index (χ4v) is 3.54. The van der Waals surface area contributed by atoms with Gasteiger partial charge in [-0.1, -0.05) is 62.7 Å². The summed E-state index contributed by atoms with van der Waals surface area (Å²) in [5.41, 5.74) is 3.68. The number of aryl methyl sites for hydroxylation is 2. The van der Waals surface area contributed by atoms with Crippen molar-refractivity contribution >= 4 is 11.9 Å². The van der Waals surface area contributed by atoms with Gasteiger partial charge in [-0.3, -0.25) is 0 Å². The summed E-state index contributed by atoms with van der Waals surface area (Å²) in [6, 6.07) is 19.7. The van der Waals surface area contributed by atoms with Crippen LogP contribution in [0.4, 0.5) is 0 Å². The highest BCUT2D eigenvalue weighted by Gasteiger charge is 2.23. The number of ether oxygens (including phenoxy) is 2. The molecule has 0 spiro atoms. The van der Waals surface area contributed by atoms with Gasteiger partial charge in [0.05, 0.1) is 11.1 Å². The van der Waals surface area contributed by atoms with Crippen molar-refractivity contribution in [2.45, 2.75) is 46.5 Å². The molecule has 0 heterocycles. The molecule has 0 saturated carbocycles. The van der Waals surface area contributed by atoms with Gasteiger partial charge in [-0.05, 0) is 61.6 Å². The topological polar surface area (TPSA) is 52.6 Å². The smallest absolute Gasteiger partial charge is 0.343 e. The average molecular weight is 417 g/mol. The summed E-state index contributed by atoms with van der Waals surface area (Å²) in [7, 11) is 0. The molecule has 160 valence electrons. The molecule has 0 N–H and O–H groups in total. The molecule has 4 heteroatoms. The van der Waals surface area contributed by atoms with Crippen LogP contribution in [0.3, 0.4) is 0 Å². The van der Waals surface area contributed by atoms with Crippen LogP contribution in [0.15, 0.2) is 66.7 Å². The maximum absolute atomic E-state index is 12.9. The van der Waals surface area contributed by atoms with E-state index in [1.807, 2.05) is 32.0 Å². The molecule has 4 nitrogen and oxygen atoms in total. The number of hydrogen-bond donors (Lipinski definition) is 0. The molecule has 3 aromatic carbocycles. The Morgan fingerprint density at radius 2 is 1.29 bits per heavy atom. The third kappa shape index (κ3) is 5.40. The van der Waals surface area contributed by atoms with Crippen molar-refractivity contribution in [3.05, 3.63) is 94.5 Å². The molecule has 0 aliphatic carbocycles. The van der Waals surface area contributed by atoms with Gasteiger partial charge in [0.15, 0.2) is 11.5 Å². The Bertz CT molecular complexity index is 1040. The molecule has 3 aromatic rings. The highest BCUT2D eigenvalue weighted by Crippen LogP contribution is 2.39. The first-order valence-corrected chi connectivity index (χ1v) is 10.7. The maximum atomic E-state index is 12.9. The van der Waals surface area contributed by atoms with Gasteiger partial charge in [0.2, 0.25) is 0 Å². The van der Waals surface area contributed by atoms with Crippen LogP contribution in [0.2, 0.25) is 0 Å². The Morgan fingerprint density at radius 3 is 1.77 bits per heavy atom. The van der Waals surface area contributed by atoms with Crippen LogP contribution in [0.5, 0.6) is 11.5 Å². The number of hydrogen-bond acceptors (Lipinski definition) is 4. The molecular formula is C27H28O4. The molecule has 0 atom stereocenters. The minimum Gasteiger partial charge on any atom is -0.419 e. The number of benzene rings is 3. The number of unbranched alkanes of at least 4 members (excludes halogenated alkanes) is 1. The third-order valence-electron chi connectivity index (χ3n) is 5.18. The first-order valence-electron chi connectivity index (χ1n) is 10.7. The summed E-state index contributed by atoms with van der Waals surface area (Å²) >= 11 is 0. The molecular weight excluding hydrogens is 388 g/mol. The number of carbonyl (C=O) groups is 2. The van der Waals surface area contributed by atoms with E-state index in [0.717, 1.165) is 36.0 Å². The Balaban J connectivity index is 2.05. The molecule has 0 amide bonds. The summed E-state index contributed by atoms with van der Waals surface area (Å²) in [4.78, 5) is 25.6. The predicted molar refractivity (Wildman–Crippen MR) is 122 cm³/mol. The highest BCUT2D eigenvalue weighted by molar-refractivity contribution is 5.93. The molecule has 0 saturated heterocycles. The van der Waals surface area contributed by atoms with Gasteiger partial charge < -0.3 is 9.47 Å². The van der Waals surface area contributed by atoms with E-state index in [1.54, 1.807) is 48.5 Å².